The second-order valence-corrected chi connectivity index (χ2v) is 4.05. The average Bonchev–Trinajstić information content (AvgIpc) is 2.74. The summed E-state index contributed by atoms with van der Waals surface area (Å²) < 4.78 is 6.90. The van der Waals surface area contributed by atoms with Gasteiger partial charge >= 0.3 is 0 Å². The molecule has 2 rings (SSSR count). The Morgan fingerprint density at radius 2 is 2.44 bits per heavy atom. The van der Waals surface area contributed by atoms with E-state index in [1.165, 1.54) is 0 Å². The quantitative estimate of drug-likeness (QED) is 0.677. The molecule has 18 heavy (non-hydrogen) atoms. The van der Waals surface area contributed by atoms with Gasteiger partial charge in [0.25, 0.3) is 5.56 Å². The average molecular weight is 252 g/mol. The molecule has 1 atom stereocenters. The summed E-state index contributed by atoms with van der Waals surface area (Å²) >= 11 is 0. The molecule has 2 aromatic rings. The van der Waals surface area contributed by atoms with Crippen molar-refractivity contribution in [2.45, 2.75) is 19.1 Å². The number of imidazole rings is 1. The number of aryl methyl sites for hydroxylation is 1. The lowest BCUT2D eigenvalue weighted by atomic mass is 10.2. The van der Waals surface area contributed by atoms with Crippen LogP contribution in [0.15, 0.2) is 17.2 Å². The lowest BCUT2D eigenvalue weighted by Crippen LogP contribution is -2.18. The first-order chi connectivity index (χ1) is 8.65. The van der Waals surface area contributed by atoms with E-state index in [1.54, 1.807) is 19.5 Å². The summed E-state index contributed by atoms with van der Waals surface area (Å²) in [5, 5.41) is 9.03. The molecule has 0 spiro atoms. The second-order valence-electron chi connectivity index (χ2n) is 4.05. The number of aliphatic hydroxyl groups is 1. The molecule has 4 N–H and O–H groups in total. The van der Waals surface area contributed by atoms with Crippen LogP contribution in [0.4, 0.5) is 5.82 Å². The summed E-state index contributed by atoms with van der Waals surface area (Å²) in [5.41, 5.74) is 6.35. The van der Waals surface area contributed by atoms with Gasteiger partial charge in [-0.2, -0.15) is 0 Å². The summed E-state index contributed by atoms with van der Waals surface area (Å²) in [7, 11) is 1.55. The van der Waals surface area contributed by atoms with Crippen molar-refractivity contribution in [3.63, 3.8) is 0 Å². The molecule has 0 aromatic carbocycles. The third-order valence-corrected chi connectivity index (χ3v) is 2.87. The van der Waals surface area contributed by atoms with Gasteiger partial charge in [-0.15, -0.1) is 0 Å². The number of nitrogens with two attached hydrogens (primary N) is 1. The molecule has 7 heteroatoms. The van der Waals surface area contributed by atoms with Crippen LogP contribution < -0.4 is 11.3 Å². The summed E-state index contributed by atoms with van der Waals surface area (Å²) in [4.78, 5) is 18.1. The van der Waals surface area contributed by atoms with Gasteiger partial charge < -0.3 is 25.1 Å². The maximum absolute atomic E-state index is 11.6. The highest BCUT2D eigenvalue weighted by molar-refractivity contribution is 5.76. The molecule has 0 saturated carbocycles. The van der Waals surface area contributed by atoms with Crippen molar-refractivity contribution in [1.82, 2.24) is 14.5 Å². The van der Waals surface area contributed by atoms with E-state index >= 15 is 0 Å². The summed E-state index contributed by atoms with van der Waals surface area (Å²) in [5.74, 6) is 0.305. The van der Waals surface area contributed by atoms with Crippen LogP contribution in [0.3, 0.4) is 0 Å². The zero-order valence-electron chi connectivity index (χ0n) is 10.1. The molecule has 2 heterocycles. The third kappa shape index (κ3) is 2.36. The van der Waals surface area contributed by atoms with Crippen molar-refractivity contribution in [3.8, 4) is 0 Å². The van der Waals surface area contributed by atoms with Crippen LogP contribution in [0.5, 0.6) is 0 Å². The number of methoxy groups -OCH3 is 1. The fraction of sp³-hybridized carbons (Fsp3) is 0.455. The van der Waals surface area contributed by atoms with E-state index in [9.17, 15) is 4.79 Å². The molecule has 1 unspecified atom stereocenters. The van der Waals surface area contributed by atoms with Crippen LogP contribution in [0, 0.1) is 0 Å². The van der Waals surface area contributed by atoms with Gasteiger partial charge in [0.2, 0.25) is 0 Å². The first-order valence-electron chi connectivity index (χ1n) is 5.63. The number of anilines is 1. The molecule has 0 bridgehead atoms. The fourth-order valence-electron chi connectivity index (χ4n) is 1.84. The predicted octanol–water partition coefficient (Wildman–Crippen LogP) is -0.296. The minimum absolute atomic E-state index is 0.0359. The first-order valence-corrected chi connectivity index (χ1v) is 5.63. The number of H-pyrrole nitrogens is 1. The van der Waals surface area contributed by atoms with E-state index < -0.39 is 0 Å². The Labute approximate surface area is 103 Å². The molecule has 0 aliphatic carbocycles. The van der Waals surface area contributed by atoms with Gasteiger partial charge in [0.15, 0.2) is 5.52 Å². The van der Waals surface area contributed by atoms with Crippen LogP contribution >= 0.6 is 0 Å². The molecule has 0 fully saturated rings. The van der Waals surface area contributed by atoms with Crippen molar-refractivity contribution >= 4 is 16.9 Å². The van der Waals surface area contributed by atoms with Gasteiger partial charge in [-0.05, 0) is 6.42 Å². The SMILES string of the molecule is COC(CO)CCn1cnc2c(=O)[nH]c(N)cc21. The number of nitrogens with zero attached hydrogens (tertiary/aromatic N) is 2. The summed E-state index contributed by atoms with van der Waals surface area (Å²) in [6.07, 6.45) is 2.00. The molecule has 0 aliphatic rings. The number of rotatable bonds is 5. The lowest BCUT2D eigenvalue weighted by Gasteiger charge is -2.12. The van der Waals surface area contributed by atoms with Gasteiger partial charge in [-0.3, -0.25) is 4.79 Å². The molecule has 7 nitrogen and oxygen atoms in total. The van der Waals surface area contributed by atoms with Crippen molar-refractivity contribution < 1.29 is 9.84 Å². The molecule has 0 aliphatic heterocycles. The number of nitrogen functional groups attached to an aromatic ring is 1. The lowest BCUT2D eigenvalue weighted by molar-refractivity contribution is 0.0405. The Kier molecular flexibility index (Phi) is 3.63. The zero-order chi connectivity index (χ0) is 13.1. The topological polar surface area (TPSA) is 106 Å². The largest absolute Gasteiger partial charge is 0.394 e. The number of aliphatic hydroxyl groups excluding tert-OH is 1. The van der Waals surface area contributed by atoms with Crippen molar-refractivity contribution in [3.05, 3.63) is 22.7 Å². The number of hydrogen-bond acceptors (Lipinski definition) is 5. The number of ether oxygens (including phenoxy) is 1. The highest BCUT2D eigenvalue weighted by Crippen LogP contribution is 2.12. The van der Waals surface area contributed by atoms with Gasteiger partial charge in [0.05, 0.1) is 24.6 Å². The molecule has 0 amide bonds. The number of nitrogens with one attached hydrogen (secondary N) is 1. The zero-order valence-corrected chi connectivity index (χ0v) is 10.1. The highest BCUT2D eigenvalue weighted by Gasteiger charge is 2.10. The van der Waals surface area contributed by atoms with Crippen LogP contribution in [-0.2, 0) is 11.3 Å². The Balaban J connectivity index is 2.27. The number of hydrogen-bond donors (Lipinski definition) is 3. The Bertz CT molecular complexity index is 585. The molecular weight excluding hydrogens is 236 g/mol. The maximum Gasteiger partial charge on any atom is 0.277 e. The minimum Gasteiger partial charge on any atom is -0.394 e. The third-order valence-electron chi connectivity index (χ3n) is 2.87. The van der Waals surface area contributed by atoms with E-state index in [4.69, 9.17) is 15.6 Å². The van der Waals surface area contributed by atoms with E-state index in [-0.39, 0.29) is 18.3 Å². The van der Waals surface area contributed by atoms with Crippen molar-refractivity contribution in [2.24, 2.45) is 0 Å². The van der Waals surface area contributed by atoms with Gasteiger partial charge in [0.1, 0.15) is 5.82 Å². The molecular formula is C11H16N4O3. The second kappa shape index (κ2) is 5.19. The number of aromatic amines is 1. The number of aromatic nitrogens is 3. The van der Waals surface area contributed by atoms with Crippen LogP contribution in [-0.4, -0.2) is 39.5 Å². The van der Waals surface area contributed by atoms with E-state index in [0.29, 0.717) is 29.8 Å². The molecule has 2 aromatic heterocycles. The van der Waals surface area contributed by atoms with E-state index in [0.717, 1.165) is 0 Å². The van der Waals surface area contributed by atoms with Crippen LogP contribution in [0.1, 0.15) is 6.42 Å². The van der Waals surface area contributed by atoms with E-state index in [1.807, 2.05) is 4.57 Å². The van der Waals surface area contributed by atoms with Crippen LogP contribution in [0.25, 0.3) is 11.0 Å². The van der Waals surface area contributed by atoms with Gasteiger partial charge in [0, 0.05) is 19.7 Å². The normalized spacial score (nSPS) is 13.0. The smallest absolute Gasteiger partial charge is 0.277 e. The number of fused-ring (bicyclic) bond motifs is 1. The maximum atomic E-state index is 11.6. The number of pyridine rings is 1. The Morgan fingerprint density at radius 1 is 1.67 bits per heavy atom. The van der Waals surface area contributed by atoms with Gasteiger partial charge in [-0.1, -0.05) is 0 Å². The highest BCUT2D eigenvalue weighted by atomic mass is 16.5. The predicted molar refractivity (Wildman–Crippen MR) is 67.3 cm³/mol. The minimum atomic E-state index is -0.297. The standard InChI is InChI=1S/C11H16N4O3/c1-18-7(5-16)2-3-15-6-13-10-8(15)4-9(12)14-11(10)17/h4,6-7,16H,2-3,5H2,1H3,(H3,12,14,17). The molecule has 0 saturated heterocycles. The van der Waals surface area contributed by atoms with Crippen molar-refractivity contribution in [1.29, 1.82) is 0 Å². The summed E-state index contributed by atoms with van der Waals surface area (Å²) in [6, 6.07) is 1.67. The van der Waals surface area contributed by atoms with Crippen molar-refractivity contribution in [2.75, 3.05) is 19.5 Å². The Morgan fingerprint density at radius 3 is 3.11 bits per heavy atom. The first kappa shape index (κ1) is 12.6. The molecule has 0 radical (unpaired) electrons. The van der Waals surface area contributed by atoms with E-state index in [2.05, 4.69) is 9.97 Å². The summed E-state index contributed by atoms with van der Waals surface area (Å²) in [6.45, 7) is 0.560. The van der Waals surface area contributed by atoms with Crippen LogP contribution in [0.2, 0.25) is 0 Å². The molecule has 98 valence electrons. The fourth-order valence-corrected chi connectivity index (χ4v) is 1.84. The Hall–Kier alpha value is -1.86. The monoisotopic (exact) mass is 252 g/mol. The van der Waals surface area contributed by atoms with Gasteiger partial charge in [-0.25, -0.2) is 4.98 Å².